The van der Waals surface area contributed by atoms with Crippen molar-refractivity contribution in [3.05, 3.63) is 71.8 Å². The predicted octanol–water partition coefficient (Wildman–Crippen LogP) is 2.07. The fraction of sp³-hybridized carbons (Fsp3) is 0.250. The van der Waals surface area contributed by atoms with Crippen LogP contribution in [0, 0.1) is 0 Å². The molecular weight excluding hydrogens is 352 g/mol. The standard InChI is InChI=1S/C20H20O7/c21-17(22)11-20(25,19(24)27-14-16-9-5-2-6-10-16)12-18(23)26-13-15-7-3-1-4-8-15/h1-10,25H,11-14H2,(H,21,22)/t20-/m1/s1. The lowest BCUT2D eigenvalue weighted by atomic mass is 9.95. The maximum atomic E-state index is 12.2. The number of carboxylic acid groups (broad SMARTS) is 1. The first kappa shape index (κ1) is 20.1. The third-order valence-corrected chi connectivity index (χ3v) is 3.72. The molecule has 27 heavy (non-hydrogen) atoms. The molecule has 2 rings (SSSR count). The van der Waals surface area contributed by atoms with Gasteiger partial charge in [-0.1, -0.05) is 60.7 Å². The number of carbonyl (C=O) groups excluding carboxylic acids is 2. The van der Waals surface area contributed by atoms with Gasteiger partial charge in [0.25, 0.3) is 0 Å². The molecule has 2 aromatic rings. The van der Waals surface area contributed by atoms with E-state index >= 15 is 0 Å². The molecule has 7 heteroatoms. The highest BCUT2D eigenvalue weighted by atomic mass is 16.6. The van der Waals surface area contributed by atoms with Crippen molar-refractivity contribution in [2.75, 3.05) is 0 Å². The summed E-state index contributed by atoms with van der Waals surface area (Å²) in [4.78, 5) is 35.3. The Morgan fingerprint density at radius 1 is 0.778 bits per heavy atom. The zero-order valence-electron chi connectivity index (χ0n) is 14.5. The normalized spacial score (nSPS) is 12.6. The molecule has 0 fully saturated rings. The monoisotopic (exact) mass is 372 g/mol. The Balaban J connectivity index is 1.97. The number of aliphatic carboxylic acids is 1. The molecule has 0 unspecified atom stereocenters. The summed E-state index contributed by atoms with van der Waals surface area (Å²) in [6, 6.07) is 17.5. The van der Waals surface area contributed by atoms with E-state index < -0.39 is 36.4 Å². The summed E-state index contributed by atoms with van der Waals surface area (Å²) in [5.41, 5.74) is -1.12. The highest BCUT2D eigenvalue weighted by molar-refractivity contribution is 5.89. The summed E-state index contributed by atoms with van der Waals surface area (Å²) in [6.07, 6.45) is -1.79. The second-order valence-corrected chi connectivity index (χ2v) is 5.99. The fourth-order valence-electron chi connectivity index (χ4n) is 2.34. The van der Waals surface area contributed by atoms with Crippen LogP contribution < -0.4 is 0 Å². The summed E-state index contributed by atoms with van der Waals surface area (Å²) in [7, 11) is 0. The van der Waals surface area contributed by atoms with Crippen molar-refractivity contribution >= 4 is 17.9 Å². The third-order valence-electron chi connectivity index (χ3n) is 3.72. The average molecular weight is 372 g/mol. The Morgan fingerprint density at radius 3 is 1.74 bits per heavy atom. The lowest BCUT2D eigenvalue weighted by molar-refractivity contribution is -0.178. The van der Waals surface area contributed by atoms with E-state index in [1.165, 1.54) is 0 Å². The number of aliphatic hydroxyl groups is 1. The number of esters is 2. The van der Waals surface area contributed by atoms with E-state index in [0.717, 1.165) is 5.56 Å². The summed E-state index contributed by atoms with van der Waals surface area (Å²) in [5, 5.41) is 19.4. The summed E-state index contributed by atoms with van der Waals surface area (Å²) >= 11 is 0. The van der Waals surface area contributed by atoms with Crippen LogP contribution in [0.4, 0.5) is 0 Å². The zero-order valence-corrected chi connectivity index (χ0v) is 14.5. The molecule has 0 saturated carbocycles. The molecule has 0 saturated heterocycles. The molecule has 0 bridgehead atoms. The van der Waals surface area contributed by atoms with Crippen molar-refractivity contribution in [1.29, 1.82) is 0 Å². The topological polar surface area (TPSA) is 110 Å². The van der Waals surface area contributed by atoms with Gasteiger partial charge >= 0.3 is 17.9 Å². The smallest absolute Gasteiger partial charge is 0.339 e. The maximum Gasteiger partial charge on any atom is 0.339 e. The molecule has 0 aliphatic heterocycles. The van der Waals surface area contributed by atoms with Gasteiger partial charge < -0.3 is 19.7 Å². The van der Waals surface area contributed by atoms with Crippen LogP contribution in [-0.4, -0.2) is 33.7 Å². The van der Waals surface area contributed by atoms with Gasteiger partial charge in [0.15, 0.2) is 5.60 Å². The first-order chi connectivity index (χ1) is 12.9. The van der Waals surface area contributed by atoms with E-state index in [-0.39, 0.29) is 13.2 Å². The van der Waals surface area contributed by atoms with Gasteiger partial charge in [0.05, 0.1) is 12.8 Å². The van der Waals surface area contributed by atoms with E-state index in [1.807, 2.05) is 0 Å². The van der Waals surface area contributed by atoms with Crippen LogP contribution in [0.2, 0.25) is 0 Å². The third kappa shape index (κ3) is 6.56. The summed E-state index contributed by atoms with van der Waals surface area (Å²) < 4.78 is 10.0. The predicted molar refractivity (Wildman–Crippen MR) is 94.3 cm³/mol. The SMILES string of the molecule is O=C(O)C[C@@](O)(CC(=O)OCc1ccccc1)C(=O)OCc1ccccc1. The Bertz CT molecular complexity index is 773. The zero-order chi connectivity index (χ0) is 19.7. The molecule has 0 heterocycles. The van der Waals surface area contributed by atoms with Gasteiger partial charge in [-0.25, -0.2) is 4.79 Å². The number of benzene rings is 2. The number of hydrogen-bond acceptors (Lipinski definition) is 6. The van der Waals surface area contributed by atoms with E-state index in [4.69, 9.17) is 14.6 Å². The number of carboxylic acids is 1. The Morgan fingerprint density at radius 2 is 1.26 bits per heavy atom. The van der Waals surface area contributed by atoms with Gasteiger partial charge in [-0.3, -0.25) is 9.59 Å². The van der Waals surface area contributed by atoms with Crippen molar-refractivity contribution in [2.45, 2.75) is 31.7 Å². The van der Waals surface area contributed by atoms with E-state index in [1.54, 1.807) is 60.7 Å². The molecule has 2 N–H and O–H groups in total. The Hall–Kier alpha value is -3.19. The van der Waals surface area contributed by atoms with Crippen LogP contribution in [0.25, 0.3) is 0 Å². The molecule has 0 aromatic heterocycles. The van der Waals surface area contributed by atoms with E-state index in [2.05, 4.69) is 0 Å². The van der Waals surface area contributed by atoms with Gasteiger partial charge in [-0.05, 0) is 11.1 Å². The van der Waals surface area contributed by atoms with E-state index in [9.17, 15) is 19.5 Å². The summed E-state index contributed by atoms with van der Waals surface area (Å²) in [6.45, 7) is -0.206. The average Bonchev–Trinajstić information content (AvgIpc) is 2.65. The van der Waals surface area contributed by atoms with Crippen molar-refractivity contribution in [2.24, 2.45) is 0 Å². The molecule has 0 radical (unpaired) electrons. The van der Waals surface area contributed by atoms with Gasteiger partial charge in [0, 0.05) is 0 Å². The van der Waals surface area contributed by atoms with Gasteiger partial charge in [0.1, 0.15) is 13.2 Å². The van der Waals surface area contributed by atoms with Gasteiger partial charge in [-0.15, -0.1) is 0 Å². The first-order valence-electron chi connectivity index (χ1n) is 8.24. The van der Waals surface area contributed by atoms with Gasteiger partial charge in [0.2, 0.25) is 0 Å². The minimum Gasteiger partial charge on any atom is -0.481 e. The molecule has 0 amide bonds. The molecule has 7 nitrogen and oxygen atoms in total. The van der Waals surface area contributed by atoms with Crippen molar-refractivity contribution in [3.8, 4) is 0 Å². The maximum absolute atomic E-state index is 12.2. The Labute approximate surface area is 156 Å². The Kier molecular flexibility index (Phi) is 7.08. The van der Waals surface area contributed by atoms with Crippen LogP contribution in [0.1, 0.15) is 24.0 Å². The second kappa shape index (κ2) is 9.49. The van der Waals surface area contributed by atoms with Gasteiger partial charge in [-0.2, -0.15) is 0 Å². The first-order valence-corrected chi connectivity index (χ1v) is 8.24. The van der Waals surface area contributed by atoms with Crippen molar-refractivity contribution in [1.82, 2.24) is 0 Å². The number of hydrogen-bond donors (Lipinski definition) is 2. The van der Waals surface area contributed by atoms with Crippen LogP contribution >= 0.6 is 0 Å². The molecule has 1 atom stereocenters. The largest absolute Gasteiger partial charge is 0.481 e. The van der Waals surface area contributed by atoms with E-state index in [0.29, 0.717) is 5.56 Å². The number of rotatable bonds is 9. The number of carbonyl (C=O) groups is 3. The quantitative estimate of drug-likeness (QED) is 0.648. The molecule has 142 valence electrons. The highest BCUT2D eigenvalue weighted by Crippen LogP contribution is 2.20. The minimum atomic E-state index is -2.51. The van der Waals surface area contributed by atoms with Crippen molar-refractivity contribution in [3.63, 3.8) is 0 Å². The number of ether oxygens (including phenoxy) is 2. The molecule has 0 aliphatic rings. The van der Waals surface area contributed by atoms with Crippen LogP contribution in [-0.2, 0) is 37.1 Å². The molecule has 2 aromatic carbocycles. The van der Waals surface area contributed by atoms with Crippen LogP contribution in [0.15, 0.2) is 60.7 Å². The lowest BCUT2D eigenvalue weighted by Crippen LogP contribution is -2.44. The summed E-state index contributed by atoms with van der Waals surface area (Å²) in [5.74, 6) is -3.53. The second-order valence-electron chi connectivity index (χ2n) is 5.99. The fourth-order valence-corrected chi connectivity index (χ4v) is 2.34. The van der Waals surface area contributed by atoms with Crippen molar-refractivity contribution < 1.29 is 34.1 Å². The molecule has 0 spiro atoms. The van der Waals surface area contributed by atoms with Crippen LogP contribution in [0.3, 0.4) is 0 Å². The molecular formula is C20H20O7. The highest BCUT2D eigenvalue weighted by Gasteiger charge is 2.43. The lowest BCUT2D eigenvalue weighted by Gasteiger charge is -2.23. The minimum absolute atomic E-state index is 0.0537. The molecule has 0 aliphatic carbocycles. The van der Waals surface area contributed by atoms with Crippen LogP contribution in [0.5, 0.6) is 0 Å².